The van der Waals surface area contributed by atoms with Crippen LogP contribution in [0.25, 0.3) is 0 Å². The number of carbonyl (C=O) groups is 2. The van der Waals surface area contributed by atoms with Crippen LogP contribution in [0.15, 0.2) is 41.8 Å². The maximum atomic E-state index is 12.5. The fourth-order valence-corrected chi connectivity index (χ4v) is 3.41. The summed E-state index contributed by atoms with van der Waals surface area (Å²) in [6.07, 6.45) is 3.32. The molecular weight excluding hydrogens is 322 g/mol. The van der Waals surface area contributed by atoms with Crippen molar-refractivity contribution >= 4 is 29.0 Å². The molecule has 1 aromatic carbocycles. The lowest BCUT2D eigenvalue weighted by Gasteiger charge is -2.26. The molecule has 1 saturated heterocycles. The van der Waals surface area contributed by atoms with Gasteiger partial charge in [0.2, 0.25) is 0 Å². The van der Waals surface area contributed by atoms with E-state index in [1.54, 1.807) is 35.6 Å². The van der Waals surface area contributed by atoms with Crippen molar-refractivity contribution in [2.75, 3.05) is 18.4 Å². The number of hydrogen-bond donors (Lipinski definition) is 2. The normalized spacial score (nSPS) is 14.2. The number of amides is 3. The largest absolute Gasteiger partial charge is 0.339 e. The predicted octanol–water partition coefficient (Wildman–Crippen LogP) is 3.70. The minimum atomic E-state index is -0.272. The van der Waals surface area contributed by atoms with Gasteiger partial charge in [-0.25, -0.2) is 4.79 Å². The number of urea groups is 1. The highest BCUT2D eigenvalue weighted by atomic mass is 32.1. The molecule has 6 heteroatoms. The van der Waals surface area contributed by atoms with Crippen molar-refractivity contribution < 1.29 is 9.59 Å². The van der Waals surface area contributed by atoms with Gasteiger partial charge in [-0.1, -0.05) is 12.1 Å². The Hall–Kier alpha value is -2.34. The van der Waals surface area contributed by atoms with Crippen LogP contribution in [-0.4, -0.2) is 29.9 Å². The second kappa shape index (κ2) is 7.97. The van der Waals surface area contributed by atoms with Gasteiger partial charge in [-0.3, -0.25) is 4.79 Å². The van der Waals surface area contributed by atoms with Crippen LogP contribution in [0.5, 0.6) is 0 Å². The van der Waals surface area contributed by atoms with Crippen LogP contribution in [0.3, 0.4) is 0 Å². The number of hydrogen-bond acceptors (Lipinski definition) is 3. The molecule has 126 valence electrons. The van der Waals surface area contributed by atoms with Gasteiger partial charge in [-0.05, 0) is 48.9 Å². The number of carbonyl (C=O) groups excluding carboxylic acids is 2. The van der Waals surface area contributed by atoms with Crippen LogP contribution in [0, 0.1) is 0 Å². The molecule has 0 spiro atoms. The van der Waals surface area contributed by atoms with Crippen molar-refractivity contribution in [3.8, 4) is 0 Å². The first-order valence-corrected chi connectivity index (χ1v) is 9.07. The van der Waals surface area contributed by atoms with Crippen LogP contribution in [0.1, 0.15) is 34.5 Å². The molecule has 0 aliphatic carbocycles. The number of nitrogens with one attached hydrogen (secondary N) is 2. The molecule has 24 heavy (non-hydrogen) atoms. The monoisotopic (exact) mass is 343 g/mol. The Kier molecular flexibility index (Phi) is 5.48. The number of rotatable bonds is 4. The topological polar surface area (TPSA) is 61.4 Å². The average molecular weight is 343 g/mol. The highest BCUT2D eigenvalue weighted by molar-refractivity contribution is 7.09. The molecule has 2 aromatic rings. The molecule has 1 aliphatic rings. The molecule has 0 bridgehead atoms. The maximum Gasteiger partial charge on any atom is 0.319 e. The molecule has 1 fully saturated rings. The van der Waals surface area contributed by atoms with Gasteiger partial charge in [0, 0.05) is 29.2 Å². The van der Waals surface area contributed by atoms with Crippen molar-refractivity contribution in [1.29, 1.82) is 0 Å². The van der Waals surface area contributed by atoms with Gasteiger partial charge < -0.3 is 15.5 Å². The molecule has 1 aliphatic heterocycles. The van der Waals surface area contributed by atoms with Crippen molar-refractivity contribution in [2.24, 2.45) is 0 Å². The molecule has 0 unspecified atom stereocenters. The second-order valence-corrected chi connectivity index (χ2v) is 6.85. The lowest BCUT2D eigenvalue weighted by Crippen LogP contribution is -2.35. The Morgan fingerprint density at radius 1 is 1.08 bits per heavy atom. The van der Waals surface area contributed by atoms with Crippen LogP contribution < -0.4 is 10.6 Å². The van der Waals surface area contributed by atoms with E-state index < -0.39 is 0 Å². The summed E-state index contributed by atoms with van der Waals surface area (Å²) in [5, 5.41) is 7.57. The molecule has 1 aromatic heterocycles. The van der Waals surface area contributed by atoms with Gasteiger partial charge in [-0.2, -0.15) is 0 Å². The highest BCUT2D eigenvalue weighted by Crippen LogP contribution is 2.16. The third-order valence-corrected chi connectivity index (χ3v) is 4.89. The number of anilines is 1. The second-order valence-electron chi connectivity index (χ2n) is 5.82. The van der Waals surface area contributed by atoms with Crippen molar-refractivity contribution in [1.82, 2.24) is 10.2 Å². The van der Waals surface area contributed by atoms with E-state index in [0.29, 0.717) is 17.8 Å². The van der Waals surface area contributed by atoms with E-state index in [-0.39, 0.29) is 11.9 Å². The third kappa shape index (κ3) is 4.35. The number of thiophene rings is 1. The molecular formula is C18H21N3O2S. The van der Waals surface area contributed by atoms with Crippen LogP contribution in [0.2, 0.25) is 0 Å². The third-order valence-electron chi connectivity index (χ3n) is 4.01. The zero-order valence-corrected chi connectivity index (χ0v) is 14.3. The van der Waals surface area contributed by atoms with E-state index in [1.165, 1.54) is 6.42 Å². The Bertz CT molecular complexity index is 694. The first-order valence-electron chi connectivity index (χ1n) is 8.19. The van der Waals surface area contributed by atoms with Gasteiger partial charge >= 0.3 is 6.03 Å². The molecule has 3 amide bonds. The van der Waals surface area contributed by atoms with E-state index in [4.69, 9.17) is 0 Å². The van der Waals surface area contributed by atoms with Crippen LogP contribution >= 0.6 is 11.3 Å². The minimum Gasteiger partial charge on any atom is -0.339 e. The van der Waals surface area contributed by atoms with Crippen molar-refractivity contribution in [3.63, 3.8) is 0 Å². The summed E-state index contributed by atoms with van der Waals surface area (Å²) >= 11 is 1.60. The molecule has 2 heterocycles. The summed E-state index contributed by atoms with van der Waals surface area (Å²) in [6.45, 7) is 2.13. The van der Waals surface area contributed by atoms with Crippen molar-refractivity contribution in [3.05, 3.63) is 52.2 Å². The van der Waals surface area contributed by atoms with E-state index in [9.17, 15) is 9.59 Å². The number of piperidine rings is 1. The number of benzene rings is 1. The van der Waals surface area contributed by atoms with Crippen LogP contribution in [-0.2, 0) is 6.54 Å². The molecule has 0 atom stereocenters. The van der Waals surface area contributed by atoms with Gasteiger partial charge in [0.25, 0.3) is 5.91 Å². The zero-order chi connectivity index (χ0) is 16.8. The minimum absolute atomic E-state index is 0.0392. The first-order chi connectivity index (χ1) is 11.7. The van der Waals surface area contributed by atoms with E-state index >= 15 is 0 Å². The molecule has 2 N–H and O–H groups in total. The standard InChI is InChI=1S/C18H21N3O2S/c22-17(21-9-2-1-3-10-21)14-6-4-7-15(12-14)20-18(23)19-13-16-8-5-11-24-16/h4-8,11-12H,1-3,9-10,13H2,(H2,19,20,23). The Balaban J connectivity index is 1.58. The van der Waals surface area contributed by atoms with Crippen molar-refractivity contribution in [2.45, 2.75) is 25.8 Å². The Morgan fingerprint density at radius 3 is 2.67 bits per heavy atom. The van der Waals surface area contributed by atoms with Gasteiger partial charge in [0.1, 0.15) is 0 Å². The maximum absolute atomic E-state index is 12.5. The molecule has 5 nitrogen and oxygen atoms in total. The zero-order valence-electron chi connectivity index (χ0n) is 13.5. The van der Waals surface area contributed by atoms with E-state index in [1.807, 2.05) is 22.4 Å². The van der Waals surface area contributed by atoms with E-state index in [0.717, 1.165) is 30.8 Å². The summed E-state index contributed by atoms with van der Waals surface area (Å²) in [5.41, 5.74) is 1.24. The number of likely N-dealkylation sites (tertiary alicyclic amines) is 1. The molecule has 0 radical (unpaired) electrons. The predicted molar refractivity (Wildman–Crippen MR) is 96.4 cm³/mol. The summed E-state index contributed by atoms with van der Waals surface area (Å²) in [4.78, 5) is 27.5. The van der Waals surface area contributed by atoms with E-state index in [2.05, 4.69) is 10.6 Å². The Labute approximate surface area is 145 Å². The SMILES string of the molecule is O=C(NCc1cccs1)Nc1cccc(C(=O)N2CCCCC2)c1. The van der Waals surface area contributed by atoms with Gasteiger partial charge in [0.05, 0.1) is 6.54 Å². The average Bonchev–Trinajstić information content (AvgIpc) is 3.14. The number of nitrogens with zero attached hydrogens (tertiary/aromatic N) is 1. The highest BCUT2D eigenvalue weighted by Gasteiger charge is 2.18. The van der Waals surface area contributed by atoms with Crippen LogP contribution in [0.4, 0.5) is 10.5 Å². The smallest absolute Gasteiger partial charge is 0.319 e. The summed E-state index contributed by atoms with van der Waals surface area (Å²) < 4.78 is 0. The lowest BCUT2D eigenvalue weighted by molar-refractivity contribution is 0.0724. The molecule has 3 rings (SSSR count). The molecule has 0 saturated carbocycles. The summed E-state index contributed by atoms with van der Waals surface area (Å²) in [7, 11) is 0. The fourth-order valence-electron chi connectivity index (χ4n) is 2.77. The van der Waals surface area contributed by atoms with Gasteiger partial charge in [0.15, 0.2) is 0 Å². The summed E-state index contributed by atoms with van der Waals surface area (Å²) in [6, 6.07) is 10.8. The fraction of sp³-hybridized carbons (Fsp3) is 0.333. The Morgan fingerprint density at radius 2 is 1.92 bits per heavy atom. The first kappa shape index (κ1) is 16.5. The van der Waals surface area contributed by atoms with Gasteiger partial charge in [-0.15, -0.1) is 11.3 Å². The lowest BCUT2D eigenvalue weighted by atomic mass is 10.1. The quantitative estimate of drug-likeness (QED) is 0.889. The summed E-state index contributed by atoms with van der Waals surface area (Å²) in [5.74, 6) is 0.0392.